The summed E-state index contributed by atoms with van der Waals surface area (Å²) in [6, 6.07) is 4.06. The number of nitrogens with zero attached hydrogens (tertiary/aromatic N) is 1. The topological polar surface area (TPSA) is 69.6 Å². The molecule has 25 heavy (non-hydrogen) atoms. The second-order valence-corrected chi connectivity index (χ2v) is 7.30. The summed E-state index contributed by atoms with van der Waals surface area (Å²) in [5, 5.41) is 13.4. The molecule has 136 valence electrons. The van der Waals surface area contributed by atoms with E-state index in [4.69, 9.17) is 11.6 Å². The van der Waals surface area contributed by atoms with E-state index in [1.807, 2.05) is 0 Å². The van der Waals surface area contributed by atoms with E-state index in [0.717, 1.165) is 25.7 Å². The molecule has 2 fully saturated rings. The number of carbonyl (C=O) groups excluding carboxylic acids is 2. The van der Waals surface area contributed by atoms with Gasteiger partial charge in [0.25, 0.3) is 11.8 Å². The van der Waals surface area contributed by atoms with Crippen LogP contribution in [0.5, 0.6) is 0 Å². The molecule has 0 bridgehead atoms. The molecule has 3 rings (SSSR count). The van der Waals surface area contributed by atoms with Crippen LogP contribution in [0.3, 0.4) is 0 Å². The molecule has 2 N–H and O–H groups in total. The van der Waals surface area contributed by atoms with Crippen molar-refractivity contribution in [3.05, 3.63) is 34.6 Å². The van der Waals surface area contributed by atoms with Crippen molar-refractivity contribution in [2.45, 2.75) is 56.7 Å². The molecule has 1 saturated heterocycles. The van der Waals surface area contributed by atoms with Crippen LogP contribution in [0.2, 0.25) is 5.02 Å². The number of hydrogen-bond acceptors (Lipinski definition) is 3. The summed E-state index contributed by atoms with van der Waals surface area (Å²) in [5.74, 6) is -1.76. The molecule has 0 spiro atoms. The van der Waals surface area contributed by atoms with E-state index < -0.39 is 23.2 Å². The molecular weight excluding hydrogens is 347 g/mol. The summed E-state index contributed by atoms with van der Waals surface area (Å²) in [7, 11) is 0. The SMILES string of the molecule is O=C(NCc1cc(F)cc(Cl)c1)[C@@]1(O)CCN(C2CCCCC2)C1=O. The molecule has 1 aliphatic heterocycles. The van der Waals surface area contributed by atoms with Crippen LogP contribution >= 0.6 is 11.6 Å². The Morgan fingerprint density at radius 2 is 2.04 bits per heavy atom. The number of carbonyl (C=O) groups is 2. The number of benzene rings is 1. The highest BCUT2D eigenvalue weighted by atomic mass is 35.5. The first-order chi connectivity index (χ1) is 11.9. The molecule has 0 unspecified atom stereocenters. The predicted molar refractivity (Wildman–Crippen MR) is 91.4 cm³/mol. The molecule has 1 atom stereocenters. The maximum atomic E-state index is 13.3. The van der Waals surface area contributed by atoms with Crippen molar-refractivity contribution < 1.29 is 19.1 Å². The van der Waals surface area contributed by atoms with Crippen LogP contribution in [0, 0.1) is 5.82 Å². The number of aliphatic hydroxyl groups is 1. The van der Waals surface area contributed by atoms with Crippen molar-refractivity contribution in [3.8, 4) is 0 Å². The summed E-state index contributed by atoms with van der Waals surface area (Å²) < 4.78 is 13.3. The second-order valence-electron chi connectivity index (χ2n) is 6.86. The van der Waals surface area contributed by atoms with E-state index in [0.29, 0.717) is 12.1 Å². The maximum Gasteiger partial charge on any atom is 0.264 e. The summed E-state index contributed by atoms with van der Waals surface area (Å²) in [4.78, 5) is 26.7. The average molecular weight is 369 g/mol. The minimum absolute atomic E-state index is 0.00463. The molecule has 2 amide bonds. The zero-order valence-corrected chi connectivity index (χ0v) is 14.7. The number of nitrogens with one attached hydrogen (secondary N) is 1. The number of hydrogen-bond donors (Lipinski definition) is 2. The molecule has 1 heterocycles. The van der Waals surface area contributed by atoms with E-state index in [9.17, 15) is 19.1 Å². The molecule has 1 saturated carbocycles. The Morgan fingerprint density at radius 1 is 1.32 bits per heavy atom. The third kappa shape index (κ3) is 3.80. The summed E-state index contributed by atoms with van der Waals surface area (Å²) in [6.07, 6.45) is 5.23. The number of amides is 2. The maximum absolute atomic E-state index is 13.3. The fraction of sp³-hybridized carbons (Fsp3) is 0.556. The van der Waals surface area contributed by atoms with Crippen LogP contribution < -0.4 is 5.32 Å². The van der Waals surface area contributed by atoms with E-state index in [-0.39, 0.29) is 24.0 Å². The number of rotatable bonds is 4. The summed E-state index contributed by atoms with van der Waals surface area (Å²) in [6.45, 7) is 0.383. The summed E-state index contributed by atoms with van der Waals surface area (Å²) >= 11 is 5.79. The summed E-state index contributed by atoms with van der Waals surface area (Å²) in [5.41, 5.74) is -1.56. The van der Waals surface area contributed by atoms with E-state index in [2.05, 4.69) is 5.32 Å². The minimum Gasteiger partial charge on any atom is -0.372 e. The van der Waals surface area contributed by atoms with Gasteiger partial charge in [-0.1, -0.05) is 30.9 Å². The van der Waals surface area contributed by atoms with Crippen molar-refractivity contribution in [1.82, 2.24) is 10.2 Å². The third-order valence-electron chi connectivity index (χ3n) is 5.10. The third-order valence-corrected chi connectivity index (χ3v) is 5.31. The van der Waals surface area contributed by atoms with Gasteiger partial charge in [-0.15, -0.1) is 0 Å². The Bertz CT molecular complexity index is 658. The zero-order valence-electron chi connectivity index (χ0n) is 13.9. The van der Waals surface area contributed by atoms with Crippen molar-refractivity contribution >= 4 is 23.4 Å². The lowest BCUT2D eigenvalue weighted by Crippen LogP contribution is -2.53. The van der Waals surface area contributed by atoms with Crippen LogP contribution in [-0.4, -0.2) is 40.0 Å². The van der Waals surface area contributed by atoms with Crippen molar-refractivity contribution in [3.63, 3.8) is 0 Å². The van der Waals surface area contributed by atoms with Gasteiger partial charge in [0.1, 0.15) is 5.82 Å². The second kappa shape index (κ2) is 7.30. The quantitative estimate of drug-likeness (QED) is 0.802. The van der Waals surface area contributed by atoms with Gasteiger partial charge in [0.15, 0.2) is 0 Å². The number of halogens is 2. The molecule has 2 aliphatic rings. The van der Waals surface area contributed by atoms with Crippen molar-refractivity contribution in [2.75, 3.05) is 6.54 Å². The molecule has 0 aromatic heterocycles. The van der Waals surface area contributed by atoms with E-state index in [1.165, 1.54) is 24.6 Å². The van der Waals surface area contributed by atoms with E-state index >= 15 is 0 Å². The van der Waals surface area contributed by atoms with Crippen LogP contribution in [0.1, 0.15) is 44.1 Å². The lowest BCUT2D eigenvalue weighted by atomic mass is 9.94. The fourth-order valence-corrected chi connectivity index (χ4v) is 3.97. The molecule has 7 heteroatoms. The normalized spacial score (nSPS) is 24.6. The average Bonchev–Trinajstić information content (AvgIpc) is 2.89. The van der Waals surface area contributed by atoms with Crippen LogP contribution in [0.4, 0.5) is 4.39 Å². The largest absolute Gasteiger partial charge is 0.372 e. The Kier molecular flexibility index (Phi) is 5.29. The van der Waals surface area contributed by atoms with Gasteiger partial charge in [-0.2, -0.15) is 0 Å². The van der Waals surface area contributed by atoms with Gasteiger partial charge in [0.2, 0.25) is 5.60 Å². The van der Waals surface area contributed by atoms with E-state index in [1.54, 1.807) is 4.90 Å². The Balaban J connectivity index is 1.63. The van der Waals surface area contributed by atoms with Crippen molar-refractivity contribution in [2.24, 2.45) is 0 Å². The van der Waals surface area contributed by atoms with Crippen LogP contribution in [0.15, 0.2) is 18.2 Å². The molecule has 0 radical (unpaired) electrons. The van der Waals surface area contributed by atoms with Gasteiger partial charge in [-0.05, 0) is 36.6 Å². The predicted octanol–water partition coefficient (Wildman–Crippen LogP) is 2.39. The van der Waals surface area contributed by atoms with Crippen LogP contribution in [0.25, 0.3) is 0 Å². The first-order valence-electron chi connectivity index (χ1n) is 8.67. The van der Waals surface area contributed by atoms with Gasteiger partial charge >= 0.3 is 0 Å². The minimum atomic E-state index is -2.03. The Labute approximate surface area is 151 Å². The highest BCUT2D eigenvalue weighted by molar-refractivity contribution is 6.30. The Morgan fingerprint density at radius 3 is 2.72 bits per heavy atom. The molecule has 1 aliphatic carbocycles. The van der Waals surface area contributed by atoms with Gasteiger partial charge in [0.05, 0.1) is 0 Å². The zero-order chi connectivity index (χ0) is 18.0. The fourth-order valence-electron chi connectivity index (χ4n) is 3.72. The first kappa shape index (κ1) is 18.1. The van der Waals surface area contributed by atoms with Gasteiger partial charge in [0, 0.05) is 30.6 Å². The van der Waals surface area contributed by atoms with Crippen molar-refractivity contribution in [1.29, 1.82) is 0 Å². The highest BCUT2D eigenvalue weighted by Crippen LogP contribution is 2.31. The monoisotopic (exact) mass is 368 g/mol. The molecule has 5 nitrogen and oxygen atoms in total. The lowest BCUT2D eigenvalue weighted by molar-refractivity contribution is -0.155. The molecule has 1 aromatic carbocycles. The van der Waals surface area contributed by atoms with Gasteiger partial charge in [-0.3, -0.25) is 9.59 Å². The smallest absolute Gasteiger partial charge is 0.264 e. The Hall–Kier alpha value is -1.66. The number of likely N-dealkylation sites (tertiary alicyclic amines) is 1. The van der Waals surface area contributed by atoms with Gasteiger partial charge < -0.3 is 15.3 Å². The molecule has 1 aromatic rings. The van der Waals surface area contributed by atoms with Gasteiger partial charge in [-0.25, -0.2) is 4.39 Å². The van der Waals surface area contributed by atoms with Crippen LogP contribution in [-0.2, 0) is 16.1 Å². The lowest BCUT2D eigenvalue weighted by Gasteiger charge is -2.32. The first-order valence-corrected chi connectivity index (χ1v) is 9.05. The molecular formula is C18H22ClFN2O3. The standard InChI is InChI=1S/C18H22ClFN2O3/c19-13-8-12(9-14(20)10-13)11-21-16(23)18(25)6-7-22(17(18)24)15-4-2-1-3-5-15/h8-10,15,25H,1-7,11H2,(H,21,23)/t18-/m0/s1. The highest BCUT2D eigenvalue weighted by Gasteiger charge is 2.52.